The Kier molecular flexibility index (Phi) is 7.03. The first-order valence-electron chi connectivity index (χ1n) is 8.43. The summed E-state index contributed by atoms with van der Waals surface area (Å²) >= 11 is 5.93. The molecule has 0 saturated carbocycles. The summed E-state index contributed by atoms with van der Waals surface area (Å²) in [5, 5.41) is 23.1. The Morgan fingerprint density at radius 1 is 1.23 bits per heavy atom. The predicted octanol–water partition coefficient (Wildman–Crippen LogP) is 3.45. The number of aliphatic hydroxyl groups excluding tert-OH is 1. The van der Waals surface area contributed by atoms with Gasteiger partial charge in [0.2, 0.25) is 0 Å². The van der Waals surface area contributed by atoms with Crippen LogP contribution >= 0.6 is 11.6 Å². The third kappa shape index (κ3) is 6.02. The maximum atomic E-state index is 11.1. The molecule has 3 N–H and O–H groups in total. The maximum Gasteiger partial charge on any atom is 0.347 e. The second-order valence-electron chi connectivity index (χ2n) is 6.59. The zero-order valence-corrected chi connectivity index (χ0v) is 15.7. The predicted molar refractivity (Wildman–Crippen MR) is 102 cm³/mol. The molecule has 6 heteroatoms. The molecule has 0 bridgehead atoms. The van der Waals surface area contributed by atoms with Gasteiger partial charge in [-0.3, -0.25) is 0 Å². The summed E-state index contributed by atoms with van der Waals surface area (Å²) in [7, 11) is 0. The molecule has 5 nitrogen and oxygen atoms in total. The Balaban J connectivity index is 1.77. The number of halogens is 1. The largest absolute Gasteiger partial charge is 0.478 e. The van der Waals surface area contributed by atoms with Gasteiger partial charge >= 0.3 is 5.97 Å². The SMILES string of the molecule is CC(C)(Oc1ccc(CCNC[C@@H](O)c2cccc(Cl)c2)cc1)C(=O)O. The van der Waals surface area contributed by atoms with Crippen LogP contribution in [0.25, 0.3) is 0 Å². The van der Waals surface area contributed by atoms with E-state index in [-0.39, 0.29) is 0 Å². The average molecular weight is 378 g/mol. The Hall–Kier alpha value is -2.08. The van der Waals surface area contributed by atoms with Crippen LogP contribution in [0.2, 0.25) is 5.02 Å². The minimum atomic E-state index is -1.26. The average Bonchev–Trinajstić information content (AvgIpc) is 2.59. The van der Waals surface area contributed by atoms with Crippen LogP contribution in [-0.2, 0) is 11.2 Å². The van der Waals surface area contributed by atoms with Crippen molar-refractivity contribution in [2.75, 3.05) is 13.1 Å². The van der Waals surface area contributed by atoms with Gasteiger partial charge in [-0.25, -0.2) is 4.79 Å². The minimum absolute atomic E-state index is 0.439. The summed E-state index contributed by atoms with van der Waals surface area (Å²) in [4.78, 5) is 11.1. The second kappa shape index (κ2) is 9.03. The van der Waals surface area contributed by atoms with Crippen LogP contribution in [0.3, 0.4) is 0 Å². The highest BCUT2D eigenvalue weighted by atomic mass is 35.5. The molecule has 2 aromatic rings. The lowest BCUT2D eigenvalue weighted by molar-refractivity contribution is -0.152. The van der Waals surface area contributed by atoms with Gasteiger partial charge in [0.15, 0.2) is 5.60 Å². The molecule has 0 aliphatic heterocycles. The highest BCUT2D eigenvalue weighted by Crippen LogP contribution is 2.20. The highest BCUT2D eigenvalue weighted by Gasteiger charge is 2.29. The van der Waals surface area contributed by atoms with Gasteiger partial charge in [0, 0.05) is 11.6 Å². The summed E-state index contributed by atoms with van der Waals surface area (Å²) in [6, 6.07) is 14.5. The molecule has 0 aromatic heterocycles. The van der Waals surface area contributed by atoms with Crippen LogP contribution in [0.4, 0.5) is 0 Å². The van der Waals surface area contributed by atoms with Gasteiger partial charge in [-0.05, 0) is 62.2 Å². The van der Waals surface area contributed by atoms with E-state index in [2.05, 4.69) is 5.32 Å². The molecule has 0 aliphatic carbocycles. The van der Waals surface area contributed by atoms with Crippen molar-refractivity contribution in [3.05, 3.63) is 64.7 Å². The number of hydrogen-bond donors (Lipinski definition) is 3. The zero-order chi connectivity index (χ0) is 19.2. The molecule has 2 rings (SSSR count). The van der Waals surface area contributed by atoms with Crippen molar-refractivity contribution >= 4 is 17.6 Å². The van der Waals surface area contributed by atoms with E-state index in [1.165, 1.54) is 13.8 Å². The highest BCUT2D eigenvalue weighted by molar-refractivity contribution is 6.30. The normalized spacial score (nSPS) is 12.6. The van der Waals surface area contributed by atoms with Crippen molar-refractivity contribution in [3.8, 4) is 5.75 Å². The molecule has 26 heavy (non-hydrogen) atoms. The smallest absolute Gasteiger partial charge is 0.347 e. The molecule has 0 aliphatic rings. The van der Waals surface area contributed by atoms with Crippen LogP contribution in [0.15, 0.2) is 48.5 Å². The summed E-state index contributed by atoms with van der Waals surface area (Å²) in [6.07, 6.45) is 0.174. The number of aliphatic hydroxyl groups is 1. The Bertz CT molecular complexity index is 731. The number of carboxylic acid groups (broad SMARTS) is 1. The van der Waals surface area contributed by atoms with E-state index in [9.17, 15) is 9.90 Å². The van der Waals surface area contributed by atoms with Crippen molar-refractivity contribution in [1.82, 2.24) is 5.32 Å². The van der Waals surface area contributed by atoms with Crippen molar-refractivity contribution in [1.29, 1.82) is 0 Å². The van der Waals surface area contributed by atoms with Crippen LogP contribution in [0.5, 0.6) is 5.75 Å². The van der Waals surface area contributed by atoms with Gasteiger partial charge in [-0.15, -0.1) is 0 Å². The molecule has 1 atom stereocenters. The van der Waals surface area contributed by atoms with E-state index in [4.69, 9.17) is 21.4 Å². The van der Waals surface area contributed by atoms with Crippen LogP contribution in [0, 0.1) is 0 Å². The second-order valence-corrected chi connectivity index (χ2v) is 7.02. The molecular formula is C20H24ClNO4. The minimum Gasteiger partial charge on any atom is -0.478 e. The van der Waals surface area contributed by atoms with Crippen LogP contribution in [-0.4, -0.2) is 34.9 Å². The monoisotopic (exact) mass is 377 g/mol. The third-order valence-corrected chi connectivity index (χ3v) is 4.21. The fourth-order valence-electron chi connectivity index (χ4n) is 2.37. The number of carbonyl (C=O) groups is 1. The maximum absolute atomic E-state index is 11.1. The lowest BCUT2D eigenvalue weighted by Crippen LogP contribution is -2.37. The van der Waals surface area contributed by atoms with Gasteiger partial charge < -0.3 is 20.3 Å². The first-order valence-corrected chi connectivity index (χ1v) is 8.81. The summed E-state index contributed by atoms with van der Waals surface area (Å²) in [5.74, 6) is -0.491. The fraction of sp³-hybridized carbons (Fsp3) is 0.350. The molecule has 0 radical (unpaired) electrons. The van der Waals surface area contributed by atoms with Crippen molar-refractivity contribution in [2.24, 2.45) is 0 Å². The van der Waals surface area contributed by atoms with E-state index in [1.54, 1.807) is 24.3 Å². The van der Waals surface area contributed by atoms with Crippen molar-refractivity contribution in [3.63, 3.8) is 0 Å². The van der Waals surface area contributed by atoms with Gasteiger partial charge in [0.05, 0.1) is 6.10 Å². The summed E-state index contributed by atoms with van der Waals surface area (Å²) < 4.78 is 5.47. The number of rotatable bonds is 9. The first kappa shape index (κ1) is 20.2. The topological polar surface area (TPSA) is 78.8 Å². The molecule has 0 amide bonds. The summed E-state index contributed by atoms with van der Waals surface area (Å²) in [5.41, 5.74) is 0.613. The van der Waals surface area contributed by atoms with Crippen LogP contribution in [0.1, 0.15) is 31.1 Å². The van der Waals surface area contributed by atoms with E-state index in [0.717, 1.165) is 17.5 Å². The van der Waals surface area contributed by atoms with Gasteiger partial charge in [-0.2, -0.15) is 0 Å². The molecule has 0 fully saturated rings. The third-order valence-electron chi connectivity index (χ3n) is 3.97. The van der Waals surface area contributed by atoms with E-state index in [0.29, 0.717) is 23.9 Å². The lowest BCUT2D eigenvalue weighted by atomic mass is 10.1. The number of ether oxygens (including phenoxy) is 1. The molecule has 0 heterocycles. The quantitative estimate of drug-likeness (QED) is 0.583. The number of aliphatic carboxylic acids is 1. The fourth-order valence-corrected chi connectivity index (χ4v) is 2.56. The van der Waals surface area contributed by atoms with Gasteiger partial charge in [-0.1, -0.05) is 35.9 Å². The molecule has 0 spiro atoms. The standard InChI is InChI=1S/C20H24ClNO4/c1-20(2,19(24)25)26-17-8-6-14(7-9-17)10-11-22-13-18(23)15-4-3-5-16(21)12-15/h3-9,12,18,22-23H,10-11,13H2,1-2H3,(H,24,25)/t18-/m1/s1. The Morgan fingerprint density at radius 2 is 1.92 bits per heavy atom. The number of carboxylic acids is 1. The molecule has 140 valence electrons. The van der Waals surface area contributed by atoms with Gasteiger partial charge in [0.25, 0.3) is 0 Å². The van der Waals surface area contributed by atoms with Crippen molar-refractivity contribution < 1.29 is 19.7 Å². The molecule has 0 saturated heterocycles. The Labute approximate surface area is 158 Å². The van der Waals surface area contributed by atoms with E-state index in [1.807, 2.05) is 24.3 Å². The van der Waals surface area contributed by atoms with Crippen molar-refractivity contribution in [2.45, 2.75) is 32.0 Å². The van der Waals surface area contributed by atoms with Gasteiger partial charge in [0.1, 0.15) is 5.75 Å². The lowest BCUT2D eigenvalue weighted by Gasteiger charge is -2.21. The number of nitrogens with one attached hydrogen (secondary N) is 1. The van der Waals surface area contributed by atoms with E-state index < -0.39 is 17.7 Å². The van der Waals surface area contributed by atoms with Crippen LogP contribution < -0.4 is 10.1 Å². The molecule has 0 unspecified atom stereocenters. The summed E-state index contributed by atoms with van der Waals surface area (Å²) in [6.45, 7) is 4.17. The zero-order valence-electron chi connectivity index (χ0n) is 14.9. The number of benzene rings is 2. The first-order chi connectivity index (χ1) is 12.3. The molecule has 2 aromatic carbocycles. The Morgan fingerprint density at radius 3 is 2.54 bits per heavy atom. The number of hydrogen-bond acceptors (Lipinski definition) is 4. The van der Waals surface area contributed by atoms with E-state index >= 15 is 0 Å². The molecular weight excluding hydrogens is 354 g/mol.